The average molecular weight is 275 g/mol. The van der Waals surface area contributed by atoms with Gasteiger partial charge in [0, 0.05) is 38.8 Å². The summed E-state index contributed by atoms with van der Waals surface area (Å²) in [5.41, 5.74) is 1.59. The molecule has 5 nitrogen and oxygen atoms in total. The van der Waals surface area contributed by atoms with Gasteiger partial charge in [-0.1, -0.05) is 18.2 Å². The van der Waals surface area contributed by atoms with Gasteiger partial charge in [-0.15, -0.1) is 0 Å². The van der Waals surface area contributed by atoms with E-state index in [2.05, 4.69) is 5.32 Å². The van der Waals surface area contributed by atoms with Gasteiger partial charge in [-0.3, -0.25) is 9.59 Å². The Morgan fingerprint density at radius 3 is 2.55 bits per heavy atom. The van der Waals surface area contributed by atoms with Gasteiger partial charge in [0.1, 0.15) is 0 Å². The van der Waals surface area contributed by atoms with Crippen LogP contribution in [0.2, 0.25) is 0 Å². The van der Waals surface area contributed by atoms with Crippen molar-refractivity contribution in [3.63, 3.8) is 0 Å². The Bertz CT molecular complexity index is 496. The van der Waals surface area contributed by atoms with Crippen LogP contribution in [0.5, 0.6) is 0 Å². The molecular weight excluding hydrogens is 254 g/mol. The normalized spacial score (nSPS) is 15.0. The van der Waals surface area contributed by atoms with E-state index in [1.54, 1.807) is 18.0 Å². The fourth-order valence-electron chi connectivity index (χ4n) is 2.31. The van der Waals surface area contributed by atoms with Crippen LogP contribution in [-0.2, 0) is 4.79 Å². The summed E-state index contributed by atoms with van der Waals surface area (Å²) in [6.45, 7) is 5.10. The van der Waals surface area contributed by atoms with Crippen LogP contribution in [-0.4, -0.2) is 61.4 Å². The second-order valence-corrected chi connectivity index (χ2v) is 5.11. The van der Waals surface area contributed by atoms with Crippen LogP contribution >= 0.6 is 0 Å². The van der Waals surface area contributed by atoms with Crippen LogP contribution in [0.15, 0.2) is 24.3 Å². The zero-order chi connectivity index (χ0) is 14.5. The van der Waals surface area contributed by atoms with Gasteiger partial charge in [0.2, 0.25) is 5.91 Å². The summed E-state index contributed by atoms with van der Waals surface area (Å²) in [5, 5.41) is 3.20. The summed E-state index contributed by atoms with van der Waals surface area (Å²) in [5.74, 6) is -0.0949. The summed E-state index contributed by atoms with van der Waals surface area (Å²) in [7, 11) is 1.68. The van der Waals surface area contributed by atoms with Gasteiger partial charge in [-0.25, -0.2) is 0 Å². The van der Waals surface area contributed by atoms with Gasteiger partial charge in [0.25, 0.3) is 5.91 Å². The SMILES string of the molecule is Cc1ccccc1C(=O)N(C)CC(=O)N1CCNCC1. The van der Waals surface area contributed by atoms with E-state index in [0.717, 1.165) is 18.7 Å². The number of likely N-dealkylation sites (N-methyl/N-ethyl adjacent to an activating group) is 1. The van der Waals surface area contributed by atoms with Crippen LogP contribution in [0.1, 0.15) is 15.9 Å². The van der Waals surface area contributed by atoms with Crippen molar-refractivity contribution >= 4 is 11.8 Å². The first-order chi connectivity index (χ1) is 9.59. The van der Waals surface area contributed by atoms with E-state index in [1.807, 2.05) is 25.1 Å². The van der Waals surface area contributed by atoms with Crippen molar-refractivity contribution in [2.75, 3.05) is 39.8 Å². The Morgan fingerprint density at radius 2 is 1.90 bits per heavy atom. The summed E-state index contributed by atoms with van der Waals surface area (Å²) < 4.78 is 0. The third-order valence-corrected chi connectivity index (χ3v) is 3.56. The molecular formula is C15H21N3O2. The molecule has 0 spiro atoms. The smallest absolute Gasteiger partial charge is 0.254 e. The van der Waals surface area contributed by atoms with E-state index in [9.17, 15) is 9.59 Å². The van der Waals surface area contributed by atoms with Crippen LogP contribution < -0.4 is 5.32 Å². The van der Waals surface area contributed by atoms with Crippen molar-refractivity contribution in [1.82, 2.24) is 15.1 Å². The molecule has 1 saturated heterocycles. The van der Waals surface area contributed by atoms with Crippen molar-refractivity contribution < 1.29 is 9.59 Å². The molecule has 0 radical (unpaired) electrons. The highest BCUT2D eigenvalue weighted by molar-refractivity contribution is 5.97. The Hall–Kier alpha value is -1.88. The first-order valence-corrected chi connectivity index (χ1v) is 6.89. The minimum atomic E-state index is -0.105. The van der Waals surface area contributed by atoms with Crippen LogP contribution in [0.25, 0.3) is 0 Å². The molecule has 2 amide bonds. The van der Waals surface area contributed by atoms with E-state index in [0.29, 0.717) is 18.7 Å². The number of rotatable bonds is 3. The topological polar surface area (TPSA) is 52.7 Å². The highest BCUT2D eigenvalue weighted by Crippen LogP contribution is 2.10. The number of carbonyl (C=O) groups is 2. The third-order valence-electron chi connectivity index (χ3n) is 3.56. The summed E-state index contributed by atoms with van der Waals surface area (Å²) >= 11 is 0. The van der Waals surface area contributed by atoms with Gasteiger partial charge in [0.05, 0.1) is 6.54 Å². The summed E-state index contributed by atoms with van der Waals surface area (Å²) in [6.07, 6.45) is 0. The average Bonchev–Trinajstić information content (AvgIpc) is 2.48. The Labute approximate surface area is 119 Å². The molecule has 20 heavy (non-hydrogen) atoms. The van der Waals surface area contributed by atoms with E-state index >= 15 is 0 Å². The van der Waals surface area contributed by atoms with Crippen LogP contribution in [0, 0.1) is 6.92 Å². The Balaban J connectivity index is 1.97. The highest BCUT2D eigenvalue weighted by atomic mass is 16.2. The molecule has 0 bridgehead atoms. The standard InChI is InChI=1S/C15H21N3O2/c1-12-5-3-4-6-13(12)15(20)17(2)11-14(19)18-9-7-16-8-10-18/h3-6,16H,7-11H2,1-2H3. The Morgan fingerprint density at radius 1 is 1.25 bits per heavy atom. The number of hydrogen-bond acceptors (Lipinski definition) is 3. The number of benzene rings is 1. The summed E-state index contributed by atoms with van der Waals surface area (Å²) in [6, 6.07) is 7.44. The van der Waals surface area contributed by atoms with E-state index in [1.165, 1.54) is 4.90 Å². The van der Waals surface area contributed by atoms with Crippen LogP contribution in [0.3, 0.4) is 0 Å². The molecule has 5 heteroatoms. The number of aryl methyl sites for hydroxylation is 1. The first-order valence-electron chi connectivity index (χ1n) is 6.89. The van der Waals surface area contributed by atoms with Crippen molar-refractivity contribution in [1.29, 1.82) is 0 Å². The molecule has 0 saturated carbocycles. The second kappa shape index (κ2) is 6.52. The van der Waals surface area contributed by atoms with Gasteiger partial charge in [-0.05, 0) is 18.6 Å². The highest BCUT2D eigenvalue weighted by Gasteiger charge is 2.21. The number of nitrogens with one attached hydrogen (secondary N) is 1. The lowest BCUT2D eigenvalue weighted by molar-refractivity contribution is -0.132. The fraction of sp³-hybridized carbons (Fsp3) is 0.467. The molecule has 1 aromatic rings. The maximum atomic E-state index is 12.3. The maximum Gasteiger partial charge on any atom is 0.254 e. The van der Waals surface area contributed by atoms with E-state index in [4.69, 9.17) is 0 Å². The molecule has 1 aliphatic rings. The molecule has 0 aliphatic carbocycles. The number of amides is 2. The molecule has 1 fully saturated rings. The largest absolute Gasteiger partial charge is 0.339 e. The van der Waals surface area contributed by atoms with Crippen molar-refractivity contribution in [3.8, 4) is 0 Å². The molecule has 0 atom stereocenters. The van der Waals surface area contributed by atoms with E-state index < -0.39 is 0 Å². The predicted molar refractivity (Wildman–Crippen MR) is 77.6 cm³/mol. The quantitative estimate of drug-likeness (QED) is 0.874. The molecule has 0 aromatic heterocycles. The second-order valence-electron chi connectivity index (χ2n) is 5.11. The number of hydrogen-bond donors (Lipinski definition) is 1. The molecule has 1 aromatic carbocycles. The fourth-order valence-corrected chi connectivity index (χ4v) is 2.31. The van der Waals surface area contributed by atoms with Crippen LogP contribution in [0.4, 0.5) is 0 Å². The first kappa shape index (κ1) is 14.5. The Kier molecular flexibility index (Phi) is 4.74. The van der Waals surface area contributed by atoms with Gasteiger partial charge in [-0.2, -0.15) is 0 Å². The number of carbonyl (C=O) groups excluding carboxylic acids is 2. The van der Waals surface area contributed by atoms with Crippen molar-refractivity contribution in [2.24, 2.45) is 0 Å². The molecule has 2 rings (SSSR count). The molecule has 1 N–H and O–H groups in total. The minimum absolute atomic E-state index is 0.0101. The molecule has 0 unspecified atom stereocenters. The van der Waals surface area contributed by atoms with Gasteiger partial charge in [0.15, 0.2) is 0 Å². The predicted octanol–water partition coefficient (Wildman–Crippen LogP) is 0.499. The lowest BCUT2D eigenvalue weighted by Crippen LogP contribution is -2.49. The van der Waals surface area contributed by atoms with E-state index in [-0.39, 0.29) is 18.4 Å². The molecule has 108 valence electrons. The van der Waals surface area contributed by atoms with Gasteiger partial charge < -0.3 is 15.1 Å². The number of nitrogens with zero attached hydrogens (tertiary/aromatic N) is 2. The molecule has 1 aliphatic heterocycles. The zero-order valence-electron chi connectivity index (χ0n) is 12.1. The number of piperazine rings is 1. The van der Waals surface area contributed by atoms with Gasteiger partial charge >= 0.3 is 0 Å². The van der Waals surface area contributed by atoms with Crippen molar-refractivity contribution in [3.05, 3.63) is 35.4 Å². The molecule has 1 heterocycles. The van der Waals surface area contributed by atoms with Crippen molar-refractivity contribution in [2.45, 2.75) is 6.92 Å². The monoisotopic (exact) mass is 275 g/mol. The maximum absolute atomic E-state index is 12.3. The lowest BCUT2D eigenvalue weighted by Gasteiger charge is -2.29. The minimum Gasteiger partial charge on any atom is -0.339 e. The lowest BCUT2D eigenvalue weighted by atomic mass is 10.1. The third kappa shape index (κ3) is 3.36. The zero-order valence-corrected chi connectivity index (χ0v) is 12.1. The summed E-state index contributed by atoms with van der Waals surface area (Å²) in [4.78, 5) is 27.8.